The predicted octanol–water partition coefficient (Wildman–Crippen LogP) is 6.55. The zero-order valence-corrected chi connectivity index (χ0v) is 15.9. The third-order valence-electron chi connectivity index (χ3n) is 4.18. The fourth-order valence-electron chi connectivity index (χ4n) is 2.18. The molecule has 0 aromatic carbocycles. The van der Waals surface area contributed by atoms with Crippen molar-refractivity contribution < 1.29 is 93.4 Å². The summed E-state index contributed by atoms with van der Waals surface area (Å²) in [4.78, 5) is 22.3. The van der Waals surface area contributed by atoms with Crippen molar-refractivity contribution in [1.29, 1.82) is 0 Å². The van der Waals surface area contributed by atoms with Gasteiger partial charge < -0.3 is 4.74 Å². The Morgan fingerprint density at radius 1 is 0.429 bits per heavy atom. The molecule has 0 saturated carbocycles. The average molecular weight is 566 g/mol. The maximum Gasteiger partial charge on any atom is 0.457 e. The monoisotopic (exact) mass is 566 g/mol. The maximum atomic E-state index is 13.7. The lowest BCUT2D eigenvalue weighted by atomic mass is 9.90. The molecule has 0 aliphatic rings. The molecule has 2 unspecified atom stereocenters. The highest BCUT2D eigenvalue weighted by Gasteiger charge is 2.81. The van der Waals surface area contributed by atoms with Crippen LogP contribution in [0.3, 0.4) is 0 Å². The lowest BCUT2D eigenvalue weighted by Gasteiger charge is -2.35. The van der Waals surface area contributed by atoms with Gasteiger partial charge in [0.25, 0.3) is 11.3 Å². The van der Waals surface area contributed by atoms with Crippen LogP contribution in [0.5, 0.6) is 0 Å². The predicted molar refractivity (Wildman–Crippen MR) is 71.4 cm³/mol. The molecular formula is C14H8F18O3. The minimum atomic E-state index is -7.19. The normalized spacial score (nSPS) is 18.0. The van der Waals surface area contributed by atoms with Crippen molar-refractivity contribution in [3.8, 4) is 0 Å². The smallest absolute Gasteiger partial charge is 0.393 e. The molecule has 0 fully saturated rings. The summed E-state index contributed by atoms with van der Waals surface area (Å²) in [5, 5.41) is 0. The van der Waals surface area contributed by atoms with Crippen molar-refractivity contribution in [3.63, 3.8) is 0 Å². The van der Waals surface area contributed by atoms with Crippen molar-refractivity contribution in [1.82, 2.24) is 0 Å². The first kappa shape index (κ1) is 32.9. The molecule has 0 radical (unpaired) electrons. The standard InChI is InChI=1S/C14H8F18O3/c15-7(11(21,22)23,9(17,18)13(27,28)29)3-1-5(33)35-6(34)2-4-8(16,12(24,25)26)10(19,20)14(30,31)32/h1-4H2. The molecule has 35 heavy (non-hydrogen) atoms. The summed E-state index contributed by atoms with van der Waals surface area (Å²) in [6.45, 7) is 0. The lowest BCUT2D eigenvalue weighted by molar-refractivity contribution is -0.384. The van der Waals surface area contributed by atoms with Gasteiger partial charge in [-0.1, -0.05) is 0 Å². The van der Waals surface area contributed by atoms with Crippen LogP contribution in [0.1, 0.15) is 25.7 Å². The van der Waals surface area contributed by atoms with E-state index in [0.29, 0.717) is 0 Å². The minimum absolute atomic E-state index is 2.47. The Hall–Kier alpha value is -2.12. The van der Waals surface area contributed by atoms with E-state index in [1.165, 1.54) is 0 Å². The van der Waals surface area contributed by atoms with Crippen LogP contribution in [0.25, 0.3) is 0 Å². The van der Waals surface area contributed by atoms with Crippen LogP contribution < -0.4 is 0 Å². The van der Waals surface area contributed by atoms with Crippen LogP contribution in [-0.4, -0.2) is 59.8 Å². The van der Waals surface area contributed by atoms with E-state index in [2.05, 4.69) is 4.74 Å². The van der Waals surface area contributed by atoms with Crippen LogP contribution in [0.4, 0.5) is 79.0 Å². The molecular weight excluding hydrogens is 558 g/mol. The number of ether oxygens (including phenoxy) is 1. The SMILES string of the molecule is O=C(CCC(F)(C(F)(F)F)C(F)(F)C(F)(F)F)OC(=O)CCC(F)(C(F)(F)F)C(F)(F)C(F)(F)F. The maximum absolute atomic E-state index is 13.7. The van der Waals surface area contributed by atoms with Gasteiger partial charge in [-0.15, -0.1) is 0 Å². The quantitative estimate of drug-likeness (QED) is 0.190. The lowest BCUT2D eigenvalue weighted by Crippen LogP contribution is -2.62. The summed E-state index contributed by atoms with van der Waals surface area (Å²) in [7, 11) is 0. The van der Waals surface area contributed by atoms with Crippen molar-refractivity contribution in [3.05, 3.63) is 0 Å². The molecule has 0 N–H and O–H groups in total. The summed E-state index contributed by atoms with van der Waals surface area (Å²) in [5.41, 5.74) is -13.0. The van der Waals surface area contributed by atoms with Gasteiger partial charge in [0.2, 0.25) is 0 Å². The molecule has 208 valence electrons. The van der Waals surface area contributed by atoms with E-state index in [0.717, 1.165) is 0 Å². The first-order valence-electron chi connectivity index (χ1n) is 8.13. The summed E-state index contributed by atoms with van der Waals surface area (Å²) < 4.78 is 231. The highest BCUT2D eigenvalue weighted by atomic mass is 19.4. The number of carbonyl (C=O) groups excluding carboxylic acids is 2. The van der Waals surface area contributed by atoms with Gasteiger partial charge >= 0.3 is 48.5 Å². The van der Waals surface area contributed by atoms with E-state index in [1.54, 1.807) is 0 Å². The van der Waals surface area contributed by atoms with Crippen LogP contribution in [0.2, 0.25) is 0 Å². The number of halogens is 18. The minimum Gasteiger partial charge on any atom is -0.393 e. The van der Waals surface area contributed by atoms with Gasteiger partial charge in [-0.2, -0.15) is 70.2 Å². The average Bonchev–Trinajstić information content (AvgIpc) is 2.59. The molecule has 0 rings (SSSR count). The van der Waals surface area contributed by atoms with Crippen molar-refractivity contribution >= 4 is 11.9 Å². The topological polar surface area (TPSA) is 43.4 Å². The Kier molecular flexibility index (Phi) is 8.83. The van der Waals surface area contributed by atoms with E-state index in [-0.39, 0.29) is 0 Å². The van der Waals surface area contributed by atoms with Gasteiger partial charge in [0.05, 0.1) is 0 Å². The second kappa shape index (κ2) is 9.40. The molecule has 0 aromatic heterocycles. The largest absolute Gasteiger partial charge is 0.457 e. The zero-order chi connectivity index (χ0) is 28.7. The van der Waals surface area contributed by atoms with Crippen LogP contribution in [0.15, 0.2) is 0 Å². The summed E-state index contributed by atoms with van der Waals surface area (Å²) >= 11 is 0. The van der Waals surface area contributed by atoms with Crippen molar-refractivity contribution in [2.24, 2.45) is 0 Å². The molecule has 0 aliphatic carbocycles. The first-order valence-corrected chi connectivity index (χ1v) is 8.13. The molecule has 3 nitrogen and oxygen atoms in total. The van der Waals surface area contributed by atoms with Gasteiger partial charge in [0.15, 0.2) is 0 Å². The molecule has 21 heteroatoms. The van der Waals surface area contributed by atoms with Gasteiger partial charge in [0.1, 0.15) is 0 Å². The zero-order valence-electron chi connectivity index (χ0n) is 15.9. The molecule has 0 aromatic rings. The van der Waals surface area contributed by atoms with Crippen molar-refractivity contribution in [2.75, 3.05) is 0 Å². The number of alkyl halides is 18. The second-order valence-corrected chi connectivity index (χ2v) is 6.59. The third-order valence-corrected chi connectivity index (χ3v) is 4.18. The fraction of sp³-hybridized carbons (Fsp3) is 0.857. The highest BCUT2D eigenvalue weighted by Crippen LogP contribution is 2.56. The Bertz CT molecular complexity index is 711. The number of carbonyl (C=O) groups is 2. The van der Waals surface area contributed by atoms with Gasteiger partial charge in [-0.3, -0.25) is 9.59 Å². The van der Waals surface area contributed by atoms with Crippen LogP contribution >= 0.6 is 0 Å². The molecule has 0 aliphatic heterocycles. The van der Waals surface area contributed by atoms with Gasteiger partial charge in [-0.05, 0) is 0 Å². The van der Waals surface area contributed by atoms with Gasteiger partial charge in [-0.25, -0.2) is 8.78 Å². The van der Waals surface area contributed by atoms with E-state index in [4.69, 9.17) is 0 Å². The first-order chi connectivity index (χ1) is 15.0. The number of hydrogen-bond acceptors (Lipinski definition) is 3. The second-order valence-electron chi connectivity index (χ2n) is 6.59. The Morgan fingerprint density at radius 2 is 0.657 bits per heavy atom. The third kappa shape index (κ3) is 6.18. The van der Waals surface area contributed by atoms with E-state index >= 15 is 0 Å². The van der Waals surface area contributed by atoms with E-state index < -0.39 is 85.5 Å². The van der Waals surface area contributed by atoms with Gasteiger partial charge in [0, 0.05) is 25.7 Å². The van der Waals surface area contributed by atoms with Crippen molar-refractivity contribution in [2.45, 2.75) is 73.6 Å². The number of rotatable bonds is 8. The molecule has 0 heterocycles. The molecule has 2 atom stereocenters. The van der Waals surface area contributed by atoms with E-state index in [1.807, 2.05) is 0 Å². The fourth-order valence-corrected chi connectivity index (χ4v) is 2.18. The van der Waals surface area contributed by atoms with E-state index in [9.17, 15) is 88.6 Å². The van der Waals surface area contributed by atoms with Crippen LogP contribution in [-0.2, 0) is 14.3 Å². The molecule has 0 bridgehead atoms. The Morgan fingerprint density at radius 3 is 0.829 bits per heavy atom. The van der Waals surface area contributed by atoms with Crippen LogP contribution in [0, 0.1) is 0 Å². The number of hydrogen-bond donors (Lipinski definition) is 0. The summed E-state index contributed by atoms with van der Waals surface area (Å²) in [6.07, 6.45) is -39.5. The molecule has 0 amide bonds. The number of esters is 2. The summed E-state index contributed by atoms with van der Waals surface area (Å²) in [6, 6.07) is 0. The molecule has 0 saturated heterocycles. The Labute approximate surface area is 180 Å². The Balaban J connectivity index is 5.55. The molecule has 0 spiro atoms. The summed E-state index contributed by atoms with van der Waals surface area (Å²) in [5.74, 6) is -19.7. The highest BCUT2D eigenvalue weighted by molar-refractivity contribution is 5.85.